The summed E-state index contributed by atoms with van der Waals surface area (Å²) in [6.07, 6.45) is 0.861. The van der Waals surface area contributed by atoms with Gasteiger partial charge in [-0.25, -0.2) is 4.98 Å². The molecule has 3 aromatic carbocycles. The molecular formula is C27H25N3O3. The molecule has 4 aromatic rings. The van der Waals surface area contributed by atoms with Gasteiger partial charge in [-0.1, -0.05) is 23.4 Å². The molecule has 2 N–H and O–H groups in total. The molecule has 1 aliphatic carbocycles. The van der Waals surface area contributed by atoms with Crippen LogP contribution in [-0.2, 0) is 4.84 Å². The molecule has 0 fully saturated rings. The Labute approximate surface area is 192 Å². The summed E-state index contributed by atoms with van der Waals surface area (Å²) >= 11 is 0. The molecule has 1 aliphatic rings. The minimum Gasteiger partial charge on any atom is -0.508 e. The summed E-state index contributed by atoms with van der Waals surface area (Å²) in [4.78, 5) is 12.9. The number of aromatic nitrogens is 1. The molecule has 0 saturated heterocycles. The number of phenolic OH excluding ortho intramolecular Hbond substituents is 2. The minimum atomic E-state index is 0.172. The maximum absolute atomic E-state index is 10.2. The van der Waals surface area contributed by atoms with Gasteiger partial charge in [-0.15, -0.1) is 0 Å². The van der Waals surface area contributed by atoms with Crippen molar-refractivity contribution in [2.45, 2.75) is 6.42 Å². The zero-order chi connectivity index (χ0) is 22.9. The lowest BCUT2D eigenvalue weighted by Gasteiger charge is -2.12. The van der Waals surface area contributed by atoms with Gasteiger partial charge in [-0.2, -0.15) is 0 Å². The largest absolute Gasteiger partial charge is 0.508 e. The molecule has 1 heterocycles. The molecule has 1 aromatic heterocycles. The Balaban J connectivity index is 1.72. The van der Waals surface area contributed by atoms with Crippen molar-refractivity contribution in [3.63, 3.8) is 0 Å². The fourth-order valence-corrected chi connectivity index (χ4v) is 4.28. The zero-order valence-corrected chi connectivity index (χ0v) is 18.6. The molecule has 6 nitrogen and oxygen atoms in total. The predicted molar refractivity (Wildman–Crippen MR) is 131 cm³/mol. The number of aromatic hydroxyl groups is 2. The number of phenols is 2. The van der Waals surface area contributed by atoms with Crippen LogP contribution in [0.1, 0.15) is 17.5 Å². The van der Waals surface area contributed by atoms with Crippen molar-refractivity contribution in [1.29, 1.82) is 0 Å². The van der Waals surface area contributed by atoms with Crippen LogP contribution in [0.5, 0.6) is 11.5 Å². The highest BCUT2D eigenvalue weighted by atomic mass is 16.6. The van der Waals surface area contributed by atoms with E-state index in [1.807, 2.05) is 56.6 Å². The Bertz CT molecular complexity index is 1360. The van der Waals surface area contributed by atoms with E-state index < -0.39 is 0 Å². The lowest BCUT2D eigenvalue weighted by molar-refractivity contribution is 0.135. The summed E-state index contributed by atoms with van der Waals surface area (Å²) in [6, 6.07) is 20.3. The van der Waals surface area contributed by atoms with E-state index in [1.165, 1.54) is 0 Å². The first-order valence-corrected chi connectivity index (χ1v) is 10.9. The monoisotopic (exact) mass is 439 g/mol. The third kappa shape index (κ3) is 3.90. The maximum atomic E-state index is 10.2. The van der Waals surface area contributed by atoms with Gasteiger partial charge >= 0.3 is 0 Å². The molecular weight excluding hydrogens is 414 g/mol. The van der Waals surface area contributed by atoms with Gasteiger partial charge in [0.25, 0.3) is 0 Å². The molecule has 0 saturated carbocycles. The van der Waals surface area contributed by atoms with E-state index in [4.69, 9.17) is 9.82 Å². The van der Waals surface area contributed by atoms with Crippen molar-refractivity contribution < 1.29 is 15.1 Å². The van der Waals surface area contributed by atoms with E-state index in [1.54, 1.807) is 24.3 Å². The second-order valence-electron chi connectivity index (χ2n) is 8.43. The molecule has 0 radical (unpaired) electrons. The number of oxime groups is 1. The molecule has 33 heavy (non-hydrogen) atoms. The smallest absolute Gasteiger partial charge is 0.119 e. The van der Waals surface area contributed by atoms with Crippen LogP contribution in [0.25, 0.3) is 33.3 Å². The summed E-state index contributed by atoms with van der Waals surface area (Å²) in [5, 5.41) is 25.6. The highest BCUT2D eigenvalue weighted by molar-refractivity contribution is 6.31. The Morgan fingerprint density at radius 3 is 2.42 bits per heavy atom. The predicted octanol–water partition coefficient (Wildman–Crippen LogP) is 5.01. The zero-order valence-electron chi connectivity index (χ0n) is 18.6. The van der Waals surface area contributed by atoms with Gasteiger partial charge in [0.1, 0.15) is 23.8 Å². The Hall–Kier alpha value is -3.90. The first kappa shape index (κ1) is 21.0. The molecule has 0 spiro atoms. The number of nitrogens with zero attached hydrogens (tertiary/aromatic N) is 3. The van der Waals surface area contributed by atoms with E-state index in [2.05, 4.69) is 10.1 Å². The SMILES string of the molecule is CN(C)CCCO/N=C1\c2cc(O)ccc2-c2c(-c3ccc(O)cc3)nc3ccccc3c21. The molecule has 0 aliphatic heterocycles. The third-order valence-corrected chi connectivity index (χ3v) is 5.79. The summed E-state index contributed by atoms with van der Waals surface area (Å²) in [5.74, 6) is 0.375. The second kappa shape index (κ2) is 8.56. The average molecular weight is 440 g/mol. The topological polar surface area (TPSA) is 78.2 Å². The van der Waals surface area contributed by atoms with Crippen LogP contribution in [0.2, 0.25) is 0 Å². The van der Waals surface area contributed by atoms with Crippen molar-refractivity contribution in [3.8, 4) is 33.9 Å². The third-order valence-electron chi connectivity index (χ3n) is 5.79. The first-order valence-electron chi connectivity index (χ1n) is 10.9. The number of pyridine rings is 1. The van der Waals surface area contributed by atoms with Crippen molar-refractivity contribution in [2.24, 2.45) is 5.16 Å². The Morgan fingerprint density at radius 2 is 1.64 bits per heavy atom. The molecule has 0 unspecified atom stereocenters. The van der Waals surface area contributed by atoms with Crippen molar-refractivity contribution >= 4 is 16.6 Å². The fraction of sp³-hybridized carbons (Fsp3) is 0.185. The van der Waals surface area contributed by atoms with Crippen LogP contribution in [-0.4, -0.2) is 53.1 Å². The number of fused-ring (bicyclic) bond motifs is 5. The van der Waals surface area contributed by atoms with E-state index in [-0.39, 0.29) is 11.5 Å². The Kier molecular flexibility index (Phi) is 5.44. The first-order chi connectivity index (χ1) is 16.0. The van der Waals surface area contributed by atoms with Crippen LogP contribution < -0.4 is 0 Å². The molecule has 6 heteroatoms. The Morgan fingerprint density at radius 1 is 0.879 bits per heavy atom. The van der Waals surface area contributed by atoms with Crippen molar-refractivity contribution in [3.05, 3.63) is 77.9 Å². The number of benzene rings is 3. The van der Waals surface area contributed by atoms with Crippen LogP contribution in [0.15, 0.2) is 71.9 Å². The number of rotatable bonds is 6. The molecule has 0 bridgehead atoms. The van der Waals surface area contributed by atoms with Gasteiger partial charge in [0, 0.05) is 34.2 Å². The summed E-state index contributed by atoms with van der Waals surface area (Å²) in [7, 11) is 4.06. The van der Waals surface area contributed by atoms with Gasteiger partial charge in [-0.3, -0.25) is 0 Å². The van der Waals surface area contributed by atoms with Gasteiger partial charge < -0.3 is 20.0 Å². The average Bonchev–Trinajstić information content (AvgIpc) is 3.12. The number of hydrogen-bond acceptors (Lipinski definition) is 6. The van der Waals surface area contributed by atoms with Crippen LogP contribution >= 0.6 is 0 Å². The van der Waals surface area contributed by atoms with Gasteiger partial charge in [0.15, 0.2) is 0 Å². The molecule has 5 rings (SSSR count). The summed E-state index contributed by atoms with van der Waals surface area (Å²) in [5.41, 5.74) is 6.88. The normalized spacial score (nSPS) is 13.5. The lowest BCUT2D eigenvalue weighted by Crippen LogP contribution is -2.14. The van der Waals surface area contributed by atoms with Gasteiger partial charge in [-0.05, 0) is 74.6 Å². The van der Waals surface area contributed by atoms with E-state index in [9.17, 15) is 10.2 Å². The molecule has 0 atom stereocenters. The standard InChI is InChI=1S/C27H25N3O3/c1-30(2)14-5-15-33-29-27-22-16-19(32)12-13-20(22)24-25(27)21-6-3-4-7-23(21)28-26(24)17-8-10-18(31)11-9-17/h3-4,6-13,16,31-32H,5,14-15H2,1-2H3/b29-27+. The summed E-state index contributed by atoms with van der Waals surface area (Å²) in [6.45, 7) is 1.41. The van der Waals surface area contributed by atoms with Crippen LogP contribution in [0, 0.1) is 0 Å². The van der Waals surface area contributed by atoms with Crippen molar-refractivity contribution in [2.75, 3.05) is 27.2 Å². The highest BCUT2D eigenvalue weighted by Crippen LogP contribution is 2.46. The maximum Gasteiger partial charge on any atom is 0.119 e. The number of para-hydroxylation sites is 1. The van der Waals surface area contributed by atoms with Gasteiger partial charge in [0.2, 0.25) is 0 Å². The number of hydrogen-bond donors (Lipinski definition) is 2. The van der Waals surface area contributed by atoms with E-state index in [0.717, 1.165) is 57.4 Å². The fourth-order valence-electron chi connectivity index (χ4n) is 4.28. The van der Waals surface area contributed by atoms with Crippen molar-refractivity contribution in [1.82, 2.24) is 9.88 Å². The molecule has 166 valence electrons. The lowest BCUT2D eigenvalue weighted by atomic mass is 9.96. The minimum absolute atomic E-state index is 0.172. The van der Waals surface area contributed by atoms with E-state index in [0.29, 0.717) is 12.3 Å². The van der Waals surface area contributed by atoms with E-state index >= 15 is 0 Å². The molecule has 0 amide bonds. The second-order valence-corrected chi connectivity index (χ2v) is 8.43. The highest BCUT2D eigenvalue weighted by Gasteiger charge is 2.32. The van der Waals surface area contributed by atoms with Crippen LogP contribution in [0.3, 0.4) is 0 Å². The van der Waals surface area contributed by atoms with Gasteiger partial charge in [0.05, 0.1) is 11.2 Å². The quantitative estimate of drug-likeness (QED) is 0.287. The summed E-state index contributed by atoms with van der Waals surface area (Å²) < 4.78 is 0. The van der Waals surface area contributed by atoms with Crippen LogP contribution in [0.4, 0.5) is 0 Å².